The largest absolute Gasteiger partial charge is 0.384 e. The van der Waals surface area contributed by atoms with E-state index in [9.17, 15) is 4.79 Å². The summed E-state index contributed by atoms with van der Waals surface area (Å²) in [5, 5.41) is 10.0. The number of likely N-dealkylation sites (N-methyl/N-ethyl adjacent to an activating group) is 1. The number of likely N-dealkylation sites (tertiary alicyclic amines) is 1. The smallest absolute Gasteiger partial charge is 0.317 e. The number of rotatable bonds is 4. The molecule has 29 heavy (non-hydrogen) atoms. The second-order valence-corrected chi connectivity index (χ2v) is 9.00. The number of hydrogen-bond acceptors (Lipinski definition) is 4. The molecule has 1 aromatic carbocycles. The first-order chi connectivity index (χ1) is 14.0. The van der Waals surface area contributed by atoms with Gasteiger partial charge in [-0.2, -0.15) is 0 Å². The van der Waals surface area contributed by atoms with E-state index in [1.165, 1.54) is 23.2 Å². The summed E-state index contributed by atoms with van der Waals surface area (Å²) in [4.78, 5) is 17.8. The van der Waals surface area contributed by atoms with Crippen LogP contribution in [0.15, 0.2) is 12.1 Å². The lowest BCUT2D eigenvalue weighted by Crippen LogP contribution is -2.56. The molecule has 2 aliphatic heterocycles. The second kappa shape index (κ2) is 8.11. The Morgan fingerprint density at radius 1 is 1.31 bits per heavy atom. The Hall–Kier alpha value is -1.86. The maximum absolute atomic E-state index is 12.6. The first-order valence-corrected chi connectivity index (χ1v) is 11.3. The SMILES string of the molecule is CCN(CC)C(=O)NC1C[C@@H]2c3cc(C(=S)NC)cc4c3C(CN4)C[C@H]2N(C)C1. The van der Waals surface area contributed by atoms with Gasteiger partial charge in [-0.1, -0.05) is 12.2 Å². The van der Waals surface area contributed by atoms with Crippen LogP contribution in [0.2, 0.25) is 0 Å². The fourth-order valence-corrected chi connectivity index (χ4v) is 5.69. The molecule has 158 valence electrons. The summed E-state index contributed by atoms with van der Waals surface area (Å²) in [5.41, 5.74) is 5.24. The average Bonchev–Trinajstić information content (AvgIpc) is 3.12. The van der Waals surface area contributed by atoms with Crippen LogP contribution >= 0.6 is 12.2 Å². The van der Waals surface area contributed by atoms with E-state index in [4.69, 9.17) is 12.2 Å². The Morgan fingerprint density at radius 3 is 2.76 bits per heavy atom. The molecule has 0 saturated carbocycles. The van der Waals surface area contributed by atoms with Gasteiger partial charge >= 0.3 is 6.03 Å². The summed E-state index contributed by atoms with van der Waals surface area (Å²) < 4.78 is 0. The molecule has 3 aliphatic rings. The van der Waals surface area contributed by atoms with Crippen molar-refractivity contribution >= 4 is 28.9 Å². The van der Waals surface area contributed by atoms with Crippen LogP contribution in [0.4, 0.5) is 10.5 Å². The van der Waals surface area contributed by atoms with Crippen molar-refractivity contribution in [2.45, 2.75) is 50.6 Å². The topological polar surface area (TPSA) is 59.6 Å². The van der Waals surface area contributed by atoms with E-state index in [0.717, 1.165) is 43.2 Å². The molecule has 2 amide bonds. The van der Waals surface area contributed by atoms with Crippen molar-refractivity contribution in [3.8, 4) is 0 Å². The van der Waals surface area contributed by atoms with E-state index in [2.05, 4.69) is 40.0 Å². The first-order valence-electron chi connectivity index (χ1n) is 10.9. The summed E-state index contributed by atoms with van der Waals surface area (Å²) >= 11 is 5.54. The van der Waals surface area contributed by atoms with Gasteiger partial charge in [0.25, 0.3) is 0 Å². The predicted octanol–water partition coefficient (Wildman–Crippen LogP) is 2.70. The molecule has 3 N–H and O–H groups in total. The molecule has 1 saturated heterocycles. The number of fused-ring (bicyclic) bond motifs is 2. The van der Waals surface area contributed by atoms with Crippen LogP contribution < -0.4 is 16.0 Å². The molecule has 0 bridgehead atoms. The van der Waals surface area contributed by atoms with Crippen LogP contribution in [0.1, 0.15) is 55.2 Å². The van der Waals surface area contributed by atoms with Crippen molar-refractivity contribution in [2.75, 3.05) is 45.6 Å². The number of urea groups is 1. The highest BCUT2D eigenvalue weighted by molar-refractivity contribution is 7.80. The van der Waals surface area contributed by atoms with E-state index >= 15 is 0 Å². The molecule has 4 atom stereocenters. The summed E-state index contributed by atoms with van der Waals surface area (Å²) in [6.45, 7) is 7.45. The molecule has 0 aromatic heterocycles. The van der Waals surface area contributed by atoms with Crippen LogP contribution in [-0.4, -0.2) is 73.2 Å². The number of hydrogen-bond donors (Lipinski definition) is 3. The molecule has 0 spiro atoms. The fourth-order valence-electron chi connectivity index (χ4n) is 5.58. The number of carbonyl (C=O) groups is 1. The molecule has 7 heteroatoms. The summed E-state index contributed by atoms with van der Waals surface area (Å²) in [5.74, 6) is 0.989. The van der Waals surface area contributed by atoms with Gasteiger partial charge in [-0.05, 0) is 57.0 Å². The molecule has 2 heterocycles. The molecule has 1 fully saturated rings. The highest BCUT2D eigenvalue weighted by Gasteiger charge is 2.44. The third kappa shape index (κ3) is 3.59. The van der Waals surface area contributed by atoms with Crippen molar-refractivity contribution < 1.29 is 4.79 Å². The third-order valence-corrected chi connectivity index (χ3v) is 7.47. The van der Waals surface area contributed by atoms with Crippen LogP contribution in [-0.2, 0) is 0 Å². The molecule has 2 unspecified atom stereocenters. The molecular formula is C22H33N5OS. The van der Waals surface area contributed by atoms with Crippen LogP contribution in [0.25, 0.3) is 0 Å². The van der Waals surface area contributed by atoms with Gasteiger partial charge in [0, 0.05) is 68.4 Å². The number of carbonyl (C=O) groups excluding carboxylic acids is 1. The molecule has 1 aromatic rings. The molecule has 6 nitrogen and oxygen atoms in total. The highest BCUT2D eigenvalue weighted by Crippen LogP contribution is 2.50. The van der Waals surface area contributed by atoms with Gasteiger partial charge < -0.3 is 25.8 Å². The zero-order valence-electron chi connectivity index (χ0n) is 17.9. The summed E-state index contributed by atoms with van der Waals surface area (Å²) in [7, 11) is 4.09. The van der Waals surface area contributed by atoms with Crippen LogP contribution in [0, 0.1) is 0 Å². The van der Waals surface area contributed by atoms with Crippen molar-refractivity contribution in [3.63, 3.8) is 0 Å². The maximum atomic E-state index is 12.6. The number of nitrogens with zero attached hydrogens (tertiary/aromatic N) is 2. The monoisotopic (exact) mass is 415 g/mol. The lowest BCUT2D eigenvalue weighted by atomic mass is 9.69. The van der Waals surface area contributed by atoms with Crippen molar-refractivity contribution in [1.82, 2.24) is 20.4 Å². The molecule has 0 radical (unpaired) electrons. The van der Waals surface area contributed by atoms with Gasteiger partial charge in [-0.15, -0.1) is 0 Å². The normalized spacial score (nSPS) is 27.4. The van der Waals surface area contributed by atoms with E-state index in [0.29, 0.717) is 17.9 Å². The highest BCUT2D eigenvalue weighted by atomic mass is 32.1. The maximum Gasteiger partial charge on any atom is 0.317 e. The van der Waals surface area contributed by atoms with Gasteiger partial charge in [-0.3, -0.25) is 0 Å². The van der Waals surface area contributed by atoms with Gasteiger partial charge in [0.2, 0.25) is 0 Å². The Kier molecular flexibility index (Phi) is 5.71. The number of nitrogens with one attached hydrogen (secondary N) is 3. The predicted molar refractivity (Wildman–Crippen MR) is 122 cm³/mol. The average molecular weight is 416 g/mol. The van der Waals surface area contributed by atoms with Crippen molar-refractivity contribution in [1.29, 1.82) is 0 Å². The minimum Gasteiger partial charge on any atom is -0.384 e. The molecular weight excluding hydrogens is 382 g/mol. The van der Waals surface area contributed by atoms with E-state index in [-0.39, 0.29) is 12.1 Å². The molecule has 4 rings (SSSR count). The van der Waals surface area contributed by atoms with E-state index in [1.807, 2.05) is 25.8 Å². The van der Waals surface area contributed by atoms with E-state index < -0.39 is 0 Å². The lowest BCUT2D eigenvalue weighted by Gasteiger charge is -2.48. The minimum atomic E-state index is 0.0533. The standard InChI is InChI=1S/C22H33N5OS/c1-5-27(6-2)22(28)25-15-10-16-17-7-13(21(29)23-3)8-18-20(17)14(11-24-18)9-19(16)26(4)12-15/h7-8,14-16,19,24H,5-6,9-12H2,1-4H3,(H,23,29)(H,25,28)/t14?,15?,16-,19-/m1/s1. The Morgan fingerprint density at radius 2 is 2.07 bits per heavy atom. The number of piperidine rings is 1. The Bertz CT molecular complexity index is 809. The number of benzene rings is 1. The minimum absolute atomic E-state index is 0.0533. The van der Waals surface area contributed by atoms with Gasteiger partial charge in [0.15, 0.2) is 0 Å². The first kappa shape index (κ1) is 20.4. The lowest BCUT2D eigenvalue weighted by molar-refractivity contribution is 0.108. The van der Waals surface area contributed by atoms with Crippen molar-refractivity contribution in [2.24, 2.45) is 0 Å². The third-order valence-electron chi connectivity index (χ3n) is 7.03. The van der Waals surface area contributed by atoms with Crippen LogP contribution in [0.5, 0.6) is 0 Å². The Balaban J connectivity index is 1.64. The Labute approximate surface area is 179 Å². The van der Waals surface area contributed by atoms with Gasteiger partial charge in [0.05, 0.1) is 0 Å². The van der Waals surface area contributed by atoms with E-state index in [1.54, 1.807) is 0 Å². The van der Waals surface area contributed by atoms with Gasteiger partial charge in [-0.25, -0.2) is 4.79 Å². The van der Waals surface area contributed by atoms with Crippen LogP contribution in [0.3, 0.4) is 0 Å². The summed E-state index contributed by atoms with van der Waals surface area (Å²) in [6, 6.07) is 5.23. The number of anilines is 1. The summed E-state index contributed by atoms with van der Waals surface area (Å²) in [6.07, 6.45) is 2.16. The zero-order valence-corrected chi connectivity index (χ0v) is 18.7. The quantitative estimate of drug-likeness (QED) is 0.660. The zero-order chi connectivity index (χ0) is 20.7. The fraction of sp³-hybridized carbons (Fsp3) is 0.636. The second-order valence-electron chi connectivity index (χ2n) is 8.59. The number of amides is 2. The van der Waals surface area contributed by atoms with Gasteiger partial charge in [0.1, 0.15) is 4.99 Å². The number of thiocarbonyl (C=S) groups is 1. The van der Waals surface area contributed by atoms with Crippen molar-refractivity contribution in [3.05, 3.63) is 28.8 Å². The molecule has 1 aliphatic carbocycles.